The van der Waals surface area contributed by atoms with Gasteiger partial charge in [0.05, 0.1) is 51.2 Å². The number of halogens is 7. The van der Waals surface area contributed by atoms with Gasteiger partial charge in [-0.3, -0.25) is 14.4 Å². The lowest BCUT2D eigenvalue weighted by molar-refractivity contribution is -0.139. The van der Waals surface area contributed by atoms with Gasteiger partial charge in [-0.1, -0.05) is 11.6 Å². The Morgan fingerprint density at radius 1 is 1.21 bits per heavy atom. The van der Waals surface area contributed by atoms with E-state index in [1.165, 1.54) is 11.0 Å². The first kappa shape index (κ1) is 36.8. The third-order valence-corrected chi connectivity index (χ3v) is 11.5. The SMILES string of the molecule is CN(C)C(=O)c1nn2c(c1Br)CN(c1nc(OC[C@]34CCCN3C[C@@H](C=C(F)F)C4)nc3c1CO[C@@H](c1cc(N)cc(Cl)c1C(F)(F)F)C3)CCC2. The molecule has 280 valence electrons. The summed E-state index contributed by atoms with van der Waals surface area (Å²) in [5, 5.41) is 4.05. The number of aromatic nitrogens is 4. The van der Waals surface area contributed by atoms with Crippen LogP contribution >= 0.6 is 27.5 Å². The highest BCUT2D eigenvalue weighted by Crippen LogP contribution is 2.46. The minimum Gasteiger partial charge on any atom is -0.461 e. The predicted molar refractivity (Wildman–Crippen MR) is 185 cm³/mol. The normalized spacial score (nSPS) is 23.1. The first-order valence-electron chi connectivity index (χ1n) is 16.9. The second kappa shape index (κ2) is 14.0. The zero-order valence-electron chi connectivity index (χ0n) is 28.5. The molecule has 0 aliphatic carbocycles. The molecule has 6 heterocycles. The summed E-state index contributed by atoms with van der Waals surface area (Å²) in [6.45, 7) is 2.66. The van der Waals surface area contributed by atoms with E-state index in [9.17, 15) is 26.7 Å². The Morgan fingerprint density at radius 3 is 2.73 bits per heavy atom. The molecule has 52 heavy (non-hydrogen) atoms. The van der Waals surface area contributed by atoms with Crippen molar-refractivity contribution in [3.8, 4) is 6.01 Å². The minimum absolute atomic E-state index is 0.0215. The zero-order valence-corrected chi connectivity index (χ0v) is 30.8. The summed E-state index contributed by atoms with van der Waals surface area (Å²) in [7, 11) is 3.30. The van der Waals surface area contributed by atoms with Gasteiger partial charge in [-0.25, -0.2) is 0 Å². The van der Waals surface area contributed by atoms with E-state index in [4.69, 9.17) is 36.8 Å². The summed E-state index contributed by atoms with van der Waals surface area (Å²) >= 11 is 9.69. The number of anilines is 2. The number of fused-ring (bicyclic) bond motifs is 3. The molecule has 11 nitrogen and oxygen atoms in total. The molecule has 3 aromatic rings. The van der Waals surface area contributed by atoms with Crippen LogP contribution in [0.5, 0.6) is 6.01 Å². The zero-order chi connectivity index (χ0) is 37.1. The number of nitrogens with two attached hydrogens (primary N) is 1. The lowest BCUT2D eigenvalue weighted by atomic mass is 9.91. The van der Waals surface area contributed by atoms with Gasteiger partial charge in [-0.2, -0.15) is 37.0 Å². The number of carbonyl (C=O) groups is 1. The Kier molecular flexibility index (Phi) is 9.93. The van der Waals surface area contributed by atoms with Crippen LogP contribution in [0.25, 0.3) is 0 Å². The molecular formula is C34H37BrClF5N8O3. The lowest BCUT2D eigenvalue weighted by Gasteiger charge is -2.33. The van der Waals surface area contributed by atoms with E-state index in [1.54, 1.807) is 18.8 Å². The van der Waals surface area contributed by atoms with Gasteiger partial charge >= 0.3 is 12.2 Å². The molecule has 0 spiro atoms. The lowest BCUT2D eigenvalue weighted by Crippen LogP contribution is -2.43. The number of alkyl halides is 3. The molecule has 4 aliphatic heterocycles. The molecule has 0 unspecified atom stereocenters. The molecule has 2 saturated heterocycles. The van der Waals surface area contributed by atoms with Gasteiger partial charge in [0.2, 0.25) is 0 Å². The fraction of sp³-hybridized carbons (Fsp3) is 0.529. The van der Waals surface area contributed by atoms with Crippen LogP contribution in [0.15, 0.2) is 28.8 Å². The third-order valence-electron chi connectivity index (χ3n) is 10.3. The Labute approximate surface area is 310 Å². The molecule has 2 N–H and O–H groups in total. The van der Waals surface area contributed by atoms with Crippen LogP contribution in [-0.2, 0) is 37.0 Å². The number of hydrogen-bond donors (Lipinski definition) is 1. The highest BCUT2D eigenvalue weighted by atomic mass is 79.9. The van der Waals surface area contributed by atoms with Crippen molar-refractivity contribution in [2.75, 3.05) is 51.0 Å². The molecular weight excluding hydrogens is 779 g/mol. The standard InChI is InChI=1S/C34H37BrClF5N8O3/c1-46(2)31(50)29-28(35)24-15-47(6-4-8-49(24)45-29)30-21-16-51-25(20-10-19(42)11-22(36)27(20)34(39,40)41)12-23(21)43-32(44-30)52-17-33-5-3-7-48(33)14-18(13-33)9-26(37)38/h9-11,18,25H,3-8,12-17,42H2,1-2H3/t18-,25+,33+/m0/s1. The van der Waals surface area contributed by atoms with Crippen molar-refractivity contribution in [2.24, 2.45) is 5.92 Å². The first-order chi connectivity index (χ1) is 24.6. The maximum absolute atomic E-state index is 14.3. The van der Waals surface area contributed by atoms with E-state index in [-0.39, 0.29) is 54.4 Å². The van der Waals surface area contributed by atoms with E-state index in [2.05, 4.69) is 25.9 Å². The molecule has 0 bridgehead atoms. The molecule has 3 atom stereocenters. The number of aryl methyl sites for hydroxylation is 1. The quantitative estimate of drug-likeness (QED) is 0.208. The van der Waals surface area contributed by atoms with Crippen LogP contribution in [0.2, 0.25) is 5.02 Å². The second-order valence-corrected chi connectivity index (χ2v) is 15.2. The van der Waals surface area contributed by atoms with Gasteiger partial charge in [-0.15, -0.1) is 0 Å². The number of benzene rings is 1. The van der Waals surface area contributed by atoms with Crippen molar-refractivity contribution < 1.29 is 36.2 Å². The van der Waals surface area contributed by atoms with Gasteiger partial charge < -0.3 is 25.0 Å². The Morgan fingerprint density at radius 2 is 2.00 bits per heavy atom. The monoisotopic (exact) mass is 814 g/mol. The van der Waals surface area contributed by atoms with Gasteiger partial charge in [-0.05, 0) is 77.8 Å². The largest absolute Gasteiger partial charge is 0.461 e. The maximum Gasteiger partial charge on any atom is 0.418 e. The summed E-state index contributed by atoms with van der Waals surface area (Å²) < 4.78 is 84.1. The summed E-state index contributed by atoms with van der Waals surface area (Å²) in [6, 6.07) is 2.31. The molecule has 2 aromatic heterocycles. The smallest absolute Gasteiger partial charge is 0.418 e. The summed E-state index contributed by atoms with van der Waals surface area (Å²) in [5.41, 5.74) is 6.38. The van der Waals surface area contributed by atoms with Crippen LogP contribution in [0, 0.1) is 5.92 Å². The Bertz CT molecular complexity index is 1920. The molecule has 1 amide bonds. The fourth-order valence-electron chi connectivity index (χ4n) is 8.03. The number of nitrogens with zero attached hydrogens (tertiary/aromatic N) is 7. The van der Waals surface area contributed by atoms with Crippen molar-refractivity contribution in [3.63, 3.8) is 0 Å². The number of hydrogen-bond acceptors (Lipinski definition) is 9. The van der Waals surface area contributed by atoms with Crippen molar-refractivity contribution in [1.82, 2.24) is 29.5 Å². The van der Waals surface area contributed by atoms with Gasteiger partial charge in [0.25, 0.3) is 12.0 Å². The Hall–Kier alpha value is -3.54. The number of nitrogen functional groups attached to an aromatic ring is 1. The van der Waals surface area contributed by atoms with Crippen LogP contribution < -0.4 is 15.4 Å². The van der Waals surface area contributed by atoms with Gasteiger partial charge in [0.15, 0.2) is 5.69 Å². The van der Waals surface area contributed by atoms with E-state index in [1.807, 2.05) is 4.90 Å². The molecule has 7 rings (SSSR count). The van der Waals surface area contributed by atoms with Crippen molar-refractivity contribution in [3.05, 3.63) is 67.6 Å². The summed E-state index contributed by atoms with van der Waals surface area (Å²) in [5.74, 6) is -0.0910. The highest BCUT2D eigenvalue weighted by Gasteiger charge is 2.49. The van der Waals surface area contributed by atoms with Gasteiger partial charge in [0, 0.05) is 51.4 Å². The van der Waals surface area contributed by atoms with Crippen LogP contribution in [0.3, 0.4) is 0 Å². The average molecular weight is 816 g/mol. The van der Waals surface area contributed by atoms with Crippen LogP contribution in [-0.4, -0.2) is 81.3 Å². The second-order valence-electron chi connectivity index (χ2n) is 14.0. The number of carbonyl (C=O) groups excluding carboxylic acids is 1. The van der Waals surface area contributed by atoms with Crippen molar-refractivity contribution in [1.29, 1.82) is 0 Å². The molecule has 2 fully saturated rings. The summed E-state index contributed by atoms with van der Waals surface area (Å²) in [6.07, 6.45) is -3.82. The average Bonchev–Trinajstić information content (AvgIpc) is 3.64. The van der Waals surface area contributed by atoms with Gasteiger partial charge in [0.1, 0.15) is 12.4 Å². The van der Waals surface area contributed by atoms with E-state index in [0.29, 0.717) is 60.6 Å². The molecule has 0 saturated carbocycles. The fourth-order valence-corrected chi connectivity index (χ4v) is 8.95. The van der Waals surface area contributed by atoms with E-state index >= 15 is 0 Å². The van der Waals surface area contributed by atoms with Crippen LogP contribution in [0.1, 0.15) is 70.4 Å². The van der Waals surface area contributed by atoms with Crippen LogP contribution in [0.4, 0.5) is 33.5 Å². The Balaban J connectivity index is 1.26. The van der Waals surface area contributed by atoms with Crippen molar-refractivity contribution in [2.45, 2.75) is 69.6 Å². The number of amides is 1. The molecule has 0 radical (unpaired) electrons. The first-order valence-corrected chi connectivity index (χ1v) is 18.1. The third kappa shape index (κ3) is 6.96. The molecule has 1 aromatic carbocycles. The summed E-state index contributed by atoms with van der Waals surface area (Å²) in [4.78, 5) is 28.1. The number of ether oxygens (including phenoxy) is 2. The molecule has 18 heteroatoms. The van der Waals surface area contributed by atoms with E-state index < -0.39 is 34.5 Å². The highest BCUT2D eigenvalue weighted by molar-refractivity contribution is 9.10. The van der Waals surface area contributed by atoms with Crippen molar-refractivity contribution >= 4 is 44.9 Å². The predicted octanol–water partition coefficient (Wildman–Crippen LogP) is 6.63. The molecule has 4 aliphatic rings. The number of rotatable bonds is 7. The minimum atomic E-state index is -4.77. The maximum atomic E-state index is 14.3. The van der Waals surface area contributed by atoms with E-state index in [0.717, 1.165) is 37.2 Å². The topological polar surface area (TPSA) is 115 Å².